The third kappa shape index (κ3) is 1.79. The molecule has 0 aromatic heterocycles. The maximum atomic E-state index is 9.32. The molecule has 0 radical (unpaired) electrons. The van der Waals surface area contributed by atoms with Gasteiger partial charge in [-0.05, 0) is 60.8 Å². The molecular weight excluding hydrogens is 340 g/mol. The first-order chi connectivity index (χ1) is 5.04. The molecule has 1 rings (SSSR count). The topological polar surface area (TPSA) is 20.2 Å². The van der Waals surface area contributed by atoms with Crippen LogP contribution in [0.3, 0.4) is 0 Å². The van der Waals surface area contributed by atoms with Gasteiger partial charge in [0.25, 0.3) is 0 Å². The van der Waals surface area contributed by atoms with Gasteiger partial charge >= 0.3 is 0 Å². The summed E-state index contributed by atoms with van der Waals surface area (Å²) in [4.78, 5) is 0. The smallest absolute Gasteiger partial charge is 0.120 e. The Hall–Kier alpha value is 0.460. The van der Waals surface area contributed by atoms with Crippen LogP contribution in [0.15, 0.2) is 19.5 Å². The average Bonchev–Trinajstić information content (AvgIpc) is 1.97. The van der Waals surface area contributed by atoms with Crippen molar-refractivity contribution in [3.05, 3.63) is 25.0 Å². The molecule has 0 aliphatic heterocycles. The highest BCUT2D eigenvalue weighted by atomic mass is 79.9. The van der Waals surface area contributed by atoms with Crippen molar-refractivity contribution in [3.63, 3.8) is 0 Å². The van der Waals surface area contributed by atoms with Crippen molar-refractivity contribution in [2.24, 2.45) is 0 Å². The molecule has 1 nitrogen and oxygen atoms in total. The molecule has 0 spiro atoms. The SMILES string of the molecule is Cc1c(O)cc(Br)c(Br)c1Br. The number of halogens is 3. The lowest BCUT2D eigenvalue weighted by Crippen LogP contribution is -1.80. The fourth-order valence-corrected chi connectivity index (χ4v) is 2.18. The van der Waals surface area contributed by atoms with Crippen LogP contribution in [-0.4, -0.2) is 5.11 Å². The van der Waals surface area contributed by atoms with Crippen LogP contribution in [-0.2, 0) is 0 Å². The monoisotopic (exact) mass is 342 g/mol. The zero-order chi connectivity index (χ0) is 8.59. The minimum atomic E-state index is 0.284. The minimum absolute atomic E-state index is 0.284. The van der Waals surface area contributed by atoms with Crippen LogP contribution in [0.25, 0.3) is 0 Å². The first-order valence-corrected chi connectivity index (χ1v) is 5.25. The summed E-state index contributed by atoms with van der Waals surface area (Å²) in [5, 5.41) is 9.32. The van der Waals surface area contributed by atoms with Gasteiger partial charge in [-0.1, -0.05) is 0 Å². The number of rotatable bonds is 0. The van der Waals surface area contributed by atoms with Crippen molar-refractivity contribution in [2.75, 3.05) is 0 Å². The maximum absolute atomic E-state index is 9.32. The Morgan fingerprint density at radius 2 is 1.73 bits per heavy atom. The number of aromatic hydroxyl groups is 1. The van der Waals surface area contributed by atoms with Gasteiger partial charge in [-0.3, -0.25) is 0 Å². The predicted octanol–water partition coefficient (Wildman–Crippen LogP) is 3.99. The first-order valence-electron chi connectivity index (χ1n) is 2.87. The molecule has 4 heteroatoms. The number of hydrogen-bond acceptors (Lipinski definition) is 1. The van der Waals surface area contributed by atoms with Gasteiger partial charge in [0.05, 0.1) is 0 Å². The molecule has 11 heavy (non-hydrogen) atoms. The van der Waals surface area contributed by atoms with E-state index in [0.29, 0.717) is 0 Å². The van der Waals surface area contributed by atoms with Gasteiger partial charge in [0.2, 0.25) is 0 Å². The summed E-state index contributed by atoms with van der Waals surface area (Å²) in [7, 11) is 0. The quantitative estimate of drug-likeness (QED) is 0.706. The first kappa shape index (κ1) is 9.55. The second-order valence-corrected chi connectivity index (χ2v) is 4.57. The summed E-state index contributed by atoms with van der Waals surface area (Å²) in [6, 6.07) is 1.66. The summed E-state index contributed by atoms with van der Waals surface area (Å²) in [6.45, 7) is 1.84. The van der Waals surface area contributed by atoms with E-state index in [0.717, 1.165) is 19.0 Å². The molecule has 0 atom stereocenters. The van der Waals surface area contributed by atoms with E-state index in [4.69, 9.17) is 0 Å². The Morgan fingerprint density at radius 3 is 2.27 bits per heavy atom. The predicted molar refractivity (Wildman–Crippen MR) is 55.9 cm³/mol. The molecular formula is C7H5Br3O. The van der Waals surface area contributed by atoms with E-state index in [1.165, 1.54) is 0 Å². The number of phenols is 1. The second-order valence-electron chi connectivity index (χ2n) is 2.13. The molecule has 0 saturated carbocycles. The van der Waals surface area contributed by atoms with Gasteiger partial charge in [0.1, 0.15) is 5.75 Å². The van der Waals surface area contributed by atoms with Gasteiger partial charge in [-0.25, -0.2) is 0 Å². The van der Waals surface area contributed by atoms with Gasteiger partial charge in [-0.2, -0.15) is 0 Å². The van der Waals surface area contributed by atoms with Crippen LogP contribution < -0.4 is 0 Å². The minimum Gasteiger partial charge on any atom is -0.508 e. The van der Waals surface area contributed by atoms with Crippen molar-refractivity contribution in [1.29, 1.82) is 0 Å². The van der Waals surface area contributed by atoms with Crippen LogP contribution in [0.4, 0.5) is 0 Å². The lowest BCUT2D eigenvalue weighted by atomic mass is 10.2. The average molecular weight is 345 g/mol. The number of benzene rings is 1. The van der Waals surface area contributed by atoms with E-state index in [9.17, 15) is 5.11 Å². The lowest BCUT2D eigenvalue weighted by molar-refractivity contribution is 0.470. The molecule has 0 fully saturated rings. The third-order valence-corrected chi connectivity index (χ3v) is 4.88. The Labute approximate surface area is 90.2 Å². The molecule has 0 amide bonds. The summed E-state index contributed by atoms with van der Waals surface area (Å²) >= 11 is 10.00. The maximum Gasteiger partial charge on any atom is 0.120 e. The van der Waals surface area contributed by atoms with Crippen molar-refractivity contribution >= 4 is 47.8 Å². The summed E-state index contributed by atoms with van der Waals surface area (Å²) in [6.07, 6.45) is 0. The van der Waals surface area contributed by atoms with Crippen molar-refractivity contribution in [3.8, 4) is 5.75 Å². The molecule has 0 unspecified atom stereocenters. The van der Waals surface area contributed by atoms with Crippen molar-refractivity contribution in [2.45, 2.75) is 6.92 Å². The molecule has 1 N–H and O–H groups in total. The molecule has 0 aliphatic rings. The van der Waals surface area contributed by atoms with Crippen LogP contribution in [0.2, 0.25) is 0 Å². The van der Waals surface area contributed by atoms with Gasteiger partial charge < -0.3 is 5.11 Å². The lowest BCUT2D eigenvalue weighted by Gasteiger charge is -2.05. The van der Waals surface area contributed by atoms with E-state index in [1.807, 2.05) is 6.92 Å². The highest BCUT2D eigenvalue weighted by Crippen LogP contribution is 2.37. The van der Waals surface area contributed by atoms with Gasteiger partial charge in [-0.15, -0.1) is 0 Å². The number of hydrogen-bond donors (Lipinski definition) is 1. The van der Waals surface area contributed by atoms with Gasteiger partial charge in [0, 0.05) is 19.0 Å². The zero-order valence-electron chi connectivity index (χ0n) is 5.66. The Kier molecular flexibility index (Phi) is 3.00. The van der Waals surface area contributed by atoms with E-state index in [-0.39, 0.29) is 5.75 Å². The highest BCUT2D eigenvalue weighted by molar-refractivity contribution is 9.14. The highest BCUT2D eigenvalue weighted by Gasteiger charge is 2.08. The molecule has 60 valence electrons. The second kappa shape index (κ2) is 3.46. The molecule has 1 aromatic rings. The number of phenolic OH excluding ortho intramolecular Hbond substituents is 1. The molecule has 0 bridgehead atoms. The van der Waals surface area contributed by atoms with E-state index in [1.54, 1.807) is 6.07 Å². The normalized spacial score (nSPS) is 10.2. The molecule has 1 aromatic carbocycles. The summed E-state index contributed by atoms with van der Waals surface area (Å²) < 4.78 is 2.64. The molecule has 0 aliphatic carbocycles. The molecule has 0 heterocycles. The molecule has 0 saturated heterocycles. The largest absolute Gasteiger partial charge is 0.508 e. The van der Waals surface area contributed by atoms with Crippen molar-refractivity contribution < 1.29 is 5.11 Å². The third-order valence-electron chi connectivity index (χ3n) is 1.38. The summed E-state index contributed by atoms with van der Waals surface area (Å²) in [5.74, 6) is 0.284. The van der Waals surface area contributed by atoms with Crippen LogP contribution in [0, 0.1) is 6.92 Å². The van der Waals surface area contributed by atoms with E-state index < -0.39 is 0 Å². The Morgan fingerprint density at radius 1 is 1.18 bits per heavy atom. The van der Waals surface area contributed by atoms with Crippen molar-refractivity contribution in [1.82, 2.24) is 0 Å². The van der Waals surface area contributed by atoms with Gasteiger partial charge in [0.15, 0.2) is 0 Å². The standard InChI is InChI=1S/C7H5Br3O/c1-3-5(11)2-4(8)7(10)6(3)9/h2,11H,1H3. The van der Waals surface area contributed by atoms with E-state index in [2.05, 4.69) is 47.8 Å². The summed E-state index contributed by atoms with van der Waals surface area (Å²) in [5.41, 5.74) is 0.833. The fraction of sp³-hybridized carbons (Fsp3) is 0.143. The Bertz CT molecular complexity index is 270. The van der Waals surface area contributed by atoms with Crippen LogP contribution in [0.1, 0.15) is 5.56 Å². The van der Waals surface area contributed by atoms with Crippen LogP contribution >= 0.6 is 47.8 Å². The fourth-order valence-electron chi connectivity index (χ4n) is 0.674. The zero-order valence-corrected chi connectivity index (χ0v) is 10.4. The van der Waals surface area contributed by atoms with Crippen LogP contribution in [0.5, 0.6) is 5.75 Å². The van der Waals surface area contributed by atoms with E-state index >= 15 is 0 Å². The Balaban J connectivity index is 3.46.